The van der Waals surface area contributed by atoms with E-state index in [4.69, 9.17) is 5.73 Å². The van der Waals surface area contributed by atoms with E-state index in [0.29, 0.717) is 11.9 Å². The van der Waals surface area contributed by atoms with Crippen LogP contribution in [0.5, 0.6) is 0 Å². The van der Waals surface area contributed by atoms with Crippen LogP contribution in [0.4, 0.5) is 11.8 Å². The van der Waals surface area contributed by atoms with Crippen LogP contribution in [0, 0.1) is 0 Å². The van der Waals surface area contributed by atoms with Crippen molar-refractivity contribution in [2.24, 2.45) is 0 Å². The minimum atomic E-state index is 0.508. The number of likely N-dealkylation sites (N-methyl/N-ethyl adjacent to an activating group) is 1. The van der Waals surface area contributed by atoms with Crippen molar-refractivity contribution in [1.29, 1.82) is 0 Å². The van der Waals surface area contributed by atoms with E-state index >= 15 is 0 Å². The van der Waals surface area contributed by atoms with Crippen molar-refractivity contribution < 1.29 is 0 Å². The van der Waals surface area contributed by atoms with Crippen LogP contribution in [0.2, 0.25) is 0 Å². The van der Waals surface area contributed by atoms with Crippen LogP contribution in [0.25, 0.3) is 0 Å². The highest BCUT2D eigenvalue weighted by Crippen LogP contribution is 2.20. The molecule has 0 saturated carbocycles. The average Bonchev–Trinajstić information content (AvgIpc) is 2.46. The summed E-state index contributed by atoms with van der Waals surface area (Å²) >= 11 is 0. The molecule has 6 nitrogen and oxygen atoms in total. The molecular formula is C15H28N6. The van der Waals surface area contributed by atoms with E-state index in [1.165, 1.54) is 0 Å². The number of anilines is 2. The molecule has 1 aliphatic heterocycles. The van der Waals surface area contributed by atoms with Crippen LogP contribution in [-0.4, -0.2) is 73.6 Å². The molecule has 1 aromatic heterocycles. The van der Waals surface area contributed by atoms with Crippen molar-refractivity contribution in [1.82, 2.24) is 19.8 Å². The van der Waals surface area contributed by atoms with Crippen molar-refractivity contribution in [2.75, 3.05) is 58.5 Å². The fraction of sp³-hybridized carbons (Fsp3) is 0.733. The predicted octanol–water partition coefficient (Wildman–Crippen LogP) is 0.693. The van der Waals surface area contributed by atoms with Crippen molar-refractivity contribution >= 4 is 11.8 Å². The second-order valence-corrected chi connectivity index (χ2v) is 6.28. The number of hydrogen-bond acceptors (Lipinski definition) is 6. The first-order valence-electron chi connectivity index (χ1n) is 7.65. The number of nitrogens with zero attached hydrogens (tertiary/aromatic N) is 5. The molecule has 2 heterocycles. The van der Waals surface area contributed by atoms with E-state index in [-0.39, 0.29) is 0 Å². The van der Waals surface area contributed by atoms with Gasteiger partial charge in [0.15, 0.2) is 0 Å². The van der Waals surface area contributed by atoms with Gasteiger partial charge in [0.05, 0.1) is 0 Å². The number of aromatic nitrogens is 2. The first-order valence-corrected chi connectivity index (χ1v) is 7.65. The molecule has 0 radical (unpaired) electrons. The van der Waals surface area contributed by atoms with Gasteiger partial charge in [0.25, 0.3) is 0 Å². The van der Waals surface area contributed by atoms with E-state index in [0.717, 1.165) is 50.4 Å². The lowest BCUT2D eigenvalue weighted by Gasteiger charge is -2.35. The zero-order valence-electron chi connectivity index (χ0n) is 13.7. The number of piperidine rings is 1. The molecule has 0 spiro atoms. The minimum absolute atomic E-state index is 0.508. The summed E-state index contributed by atoms with van der Waals surface area (Å²) in [5.41, 5.74) is 7.12. The Labute approximate surface area is 127 Å². The Morgan fingerprint density at radius 3 is 2.52 bits per heavy atom. The standard InChI is InChI=1S/C15H28N6/c1-19(2)8-5-12-11-17-15(18-14(12)16)21(4)13-6-9-20(3)10-7-13/h11,13H,5-10H2,1-4H3,(H2,16,17,18). The Morgan fingerprint density at radius 2 is 1.95 bits per heavy atom. The van der Waals surface area contributed by atoms with Gasteiger partial charge in [-0.05, 0) is 53.5 Å². The highest BCUT2D eigenvalue weighted by atomic mass is 15.3. The third-order valence-corrected chi connectivity index (χ3v) is 4.26. The highest BCUT2D eigenvalue weighted by Gasteiger charge is 2.22. The van der Waals surface area contributed by atoms with Crippen LogP contribution >= 0.6 is 0 Å². The summed E-state index contributed by atoms with van der Waals surface area (Å²) in [6.45, 7) is 3.22. The van der Waals surface area contributed by atoms with Gasteiger partial charge in [0, 0.05) is 31.4 Å². The van der Waals surface area contributed by atoms with Crippen LogP contribution in [-0.2, 0) is 6.42 Å². The molecule has 0 unspecified atom stereocenters. The molecule has 21 heavy (non-hydrogen) atoms. The number of nitrogen functional groups attached to an aromatic ring is 1. The summed E-state index contributed by atoms with van der Waals surface area (Å²) in [6.07, 6.45) is 5.07. The van der Waals surface area contributed by atoms with Crippen LogP contribution in [0.1, 0.15) is 18.4 Å². The van der Waals surface area contributed by atoms with Crippen LogP contribution < -0.4 is 10.6 Å². The van der Waals surface area contributed by atoms with Crippen molar-refractivity contribution in [3.63, 3.8) is 0 Å². The summed E-state index contributed by atoms with van der Waals surface area (Å²) < 4.78 is 0. The van der Waals surface area contributed by atoms with Gasteiger partial charge < -0.3 is 20.4 Å². The van der Waals surface area contributed by atoms with Crippen LogP contribution in [0.15, 0.2) is 6.20 Å². The summed E-state index contributed by atoms with van der Waals surface area (Å²) in [6, 6.07) is 0.508. The van der Waals surface area contributed by atoms with E-state index in [2.05, 4.69) is 52.9 Å². The molecule has 0 aromatic carbocycles. The molecule has 118 valence electrons. The van der Waals surface area contributed by atoms with Crippen molar-refractivity contribution in [3.05, 3.63) is 11.8 Å². The number of rotatable bonds is 5. The maximum atomic E-state index is 6.09. The van der Waals surface area contributed by atoms with E-state index in [9.17, 15) is 0 Å². The van der Waals surface area contributed by atoms with E-state index < -0.39 is 0 Å². The number of nitrogens with two attached hydrogens (primary N) is 1. The lowest BCUT2D eigenvalue weighted by Crippen LogP contribution is -2.42. The molecule has 0 amide bonds. The van der Waals surface area contributed by atoms with Crippen molar-refractivity contribution in [3.8, 4) is 0 Å². The molecule has 0 atom stereocenters. The quantitative estimate of drug-likeness (QED) is 0.862. The first-order chi connectivity index (χ1) is 9.97. The topological polar surface area (TPSA) is 61.5 Å². The normalized spacial score (nSPS) is 17.4. The first kappa shape index (κ1) is 16.0. The third kappa shape index (κ3) is 4.28. The maximum Gasteiger partial charge on any atom is 0.227 e. The zero-order valence-corrected chi connectivity index (χ0v) is 13.7. The summed E-state index contributed by atoms with van der Waals surface area (Å²) in [4.78, 5) is 15.7. The molecule has 0 aliphatic carbocycles. The maximum absolute atomic E-state index is 6.09. The predicted molar refractivity (Wildman–Crippen MR) is 87.6 cm³/mol. The van der Waals surface area contributed by atoms with Gasteiger partial charge in [-0.3, -0.25) is 0 Å². The summed E-state index contributed by atoms with van der Waals surface area (Å²) in [5, 5.41) is 0. The second kappa shape index (κ2) is 7.04. The molecule has 1 fully saturated rings. The fourth-order valence-electron chi connectivity index (χ4n) is 2.66. The monoisotopic (exact) mass is 292 g/mol. The van der Waals surface area contributed by atoms with Gasteiger partial charge in [-0.15, -0.1) is 0 Å². The molecule has 1 saturated heterocycles. The van der Waals surface area contributed by atoms with E-state index in [1.54, 1.807) is 0 Å². The summed E-state index contributed by atoms with van der Waals surface area (Å²) in [7, 11) is 8.35. The zero-order chi connectivity index (χ0) is 15.4. The number of hydrogen-bond donors (Lipinski definition) is 1. The molecule has 0 bridgehead atoms. The van der Waals surface area contributed by atoms with Gasteiger partial charge in [0.2, 0.25) is 5.95 Å². The lowest BCUT2D eigenvalue weighted by molar-refractivity contribution is 0.252. The molecule has 6 heteroatoms. The molecule has 1 aromatic rings. The Hall–Kier alpha value is -1.40. The Bertz CT molecular complexity index is 453. The van der Waals surface area contributed by atoms with Crippen molar-refractivity contribution in [2.45, 2.75) is 25.3 Å². The third-order valence-electron chi connectivity index (χ3n) is 4.26. The Kier molecular flexibility index (Phi) is 5.36. The fourth-order valence-corrected chi connectivity index (χ4v) is 2.66. The largest absolute Gasteiger partial charge is 0.383 e. The molecule has 2 rings (SSSR count). The Morgan fingerprint density at radius 1 is 1.29 bits per heavy atom. The molecular weight excluding hydrogens is 264 g/mol. The lowest BCUT2D eigenvalue weighted by atomic mass is 10.0. The molecule has 1 aliphatic rings. The van der Waals surface area contributed by atoms with Gasteiger partial charge in [-0.2, -0.15) is 4.98 Å². The summed E-state index contributed by atoms with van der Waals surface area (Å²) in [5.74, 6) is 1.36. The second-order valence-electron chi connectivity index (χ2n) is 6.28. The van der Waals surface area contributed by atoms with Gasteiger partial charge in [-0.25, -0.2) is 4.98 Å². The van der Waals surface area contributed by atoms with Gasteiger partial charge >= 0.3 is 0 Å². The SMILES string of the molecule is CN(C)CCc1cnc(N(C)C2CCN(C)CC2)nc1N. The van der Waals surface area contributed by atoms with Crippen LogP contribution in [0.3, 0.4) is 0 Å². The smallest absolute Gasteiger partial charge is 0.227 e. The number of likely N-dealkylation sites (tertiary alicyclic amines) is 1. The average molecular weight is 292 g/mol. The highest BCUT2D eigenvalue weighted by molar-refractivity contribution is 5.44. The minimum Gasteiger partial charge on any atom is -0.383 e. The Balaban J connectivity index is 2.01. The van der Waals surface area contributed by atoms with Gasteiger partial charge in [-0.1, -0.05) is 0 Å². The molecule has 2 N–H and O–H groups in total. The van der Waals surface area contributed by atoms with Gasteiger partial charge in [0.1, 0.15) is 5.82 Å². The van der Waals surface area contributed by atoms with E-state index in [1.807, 2.05) is 6.20 Å².